The lowest BCUT2D eigenvalue weighted by molar-refractivity contribution is 0.669. The summed E-state index contributed by atoms with van der Waals surface area (Å²) in [6.45, 7) is 0. The summed E-state index contributed by atoms with van der Waals surface area (Å²) in [5, 5.41) is 2.13. The molecule has 0 aliphatic carbocycles. The van der Waals surface area contributed by atoms with Gasteiger partial charge < -0.3 is 4.42 Å². The first kappa shape index (κ1) is 32.2. The van der Waals surface area contributed by atoms with Crippen molar-refractivity contribution in [1.29, 1.82) is 0 Å². The molecule has 10 rings (SSSR count). The monoisotopic (exact) mass is 703 g/mol. The average Bonchev–Trinajstić information content (AvgIpc) is 3.65. The van der Waals surface area contributed by atoms with E-state index in [4.69, 9.17) is 19.4 Å². The Morgan fingerprint density at radius 2 is 0.636 bits per heavy atom. The maximum absolute atomic E-state index is 6.71. The Labute approximate surface area is 319 Å². The molecule has 2 heterocycles. The second-order valence-corrected chi connectivity index (χ2v) is 13.6. The molecule has 0 spiro atoms. The van der Waals surface area contributed by atoms with Crippen molar-refractivity contribution in [2.24, 2.45) is 0 Å². The highest BCUT2D eigenvalue weighted by atomic mass is 16.3. The molecular weight excluding hydrogens is 671 g/mol. The largest absolute Gasteiger partial charge is 0.456 e. The third kappa shape index (κ3) is 6.26. The zero-order chi connectivity index (χ0) is 36.6. The summed E-state index contributed by atoms with van der Waals surface area (Å²) in [6, 6.07) is 69.3. The maximum atomic E-state index is 6.71. The van der Waals surface area contributed by atoms with Gasteiger partial charge in [-0.25, -0.2) is 15.0 Å². The van der Waals surface area contributed by atoms with Gasteiger partial charge in [0.25, 0.3) is 0 Å². The molecule has 8 aromatic carbocycles. The first-order valence-corrected chi connectivity index (χ1v) is 18.4. The number of hydrogen-bond donors (Lipinski definition) is 0. The van der Waals surface area contributed by atoms with Crippen LogP contribution < -0.4 is 0 Å². The number of rotatable bonds is 7. The van der Waals surface area contributed by atoms with Gasteiger partial charge >= 0.3 is 0 Å². The molecule has 0 aliphatic rings. The third-order valence-corrected chi connectivity index (χ3v) is 10.2. The fourth-order valence-electron chi connectivity index (χ4n) is 7.34. The third-order valence-electron chi connectivity index (χ3n) is 10.2. The van der Waals surface area contributed by atoms with Gasteiger partial charge in [-0.1, -0.05) is 176 Å². The summed E-state index contributed by atoms with van der Waals surface area (Å²) in [5.41, 5.74) is 13.4. The van der Waals surface area contributed by atoms with Crippen molar-refractivity contribution in [1.82, 2.24) is 15.0 Å². The summed E-state index contributed by atoms with van der Waals surface area (Å²) in [6.07, 6.45) is 0. The van der Waals surface area contributed by atoms with Gasteiger partial charge in [-0.3, -0.25) is 0 Å². The fourth-order valence-corrected chi connectivity index (χ4v) is 7.34. The van der Waals surface area contributed by atoms with E-state index in [2.05, 4.69) is 176 Å². The molecule has 258 valence electrons. The van der Waals surface area contributed by atoms with Gasteiger partial charge in [0, 0.05) is 27.5 Å². The minimum absolute atomic E-state index is 0.579. The van der Waals surface area contributed by atoms with Gasteiger partial charge in [0.05, 0.1) is 0 Å². The Morgan fingerprint density at radius 1 is 0.273 bits per heavy atom. The van der Waals surface area contributed by atoms with Gasteiger partial charge in [0.1, 0.15) is 11.2 Å². The number of benzene rings is 8. The zero-order valence-corrected chi connectivity index (χ0v) is 29.8. The molecule has 55 heavy (non-hydrogen) atoms. The Bertz CT molecular complexity index is 2820. The minimum Gasteiger partial charge on any atom is -0.456 e. The lowest BCUT2D eigenvalue weighted by Crippen LogP contribution is -2.00. The number of aromatic nitrogens is 3. The SMILES string of the molecule is c1ccc(-c2ccc(-c3nc(-c4ccc(-c5ccccc5)cc4)nc(-c4ccc5c(c4)oc4cc(-c6ccccc6)cc(-c6ccccc6)c45)n3)cc2)cc1. The predicted octanol–water partition coefficient (Wildman–Crippen LogP) is 13.4. The maximum Gasteiger partial charge on any atom is 0.164 e. The molecule has 0 aliphatic heterocycles. The van der Waals surface area contributed by atoms with E-state index in [1.807, 2.05) is 24.3 Å². The van der Waals surface area contributed by atoms with Crippen molar-refractivity contribution in [2.75, 3.05) is 0 Å². The normalized spacial score (nSPS) is 11.3. The van der Waals surface area contributed by atoms with Gasteiger partial charge in [0.2, 0.25) is 0 Å². The van der Waals surface area contributed by atoms with Crippen LogP contribution in [0.25, 0.3) is 101 Å². The predicted molar refractivity (Wildman–Crippen MR) is 225 cm³/mol. The van der Waals surface area contributed by atoms with Crippen molar-refractivity contribution in [3.05, 3.63) is 200 Å². The quantitative estimate of drug-likeness (QED) is 0.166. The van der Waals surface area contributed by atoms with E-state index in [-0.39, 0.29) is 0 Å². The number of fused-ring (bicyclic) bond motifs is 3. The van der Waals surface area contributed by atoms with Crippen molar-refractivity contribution in [3.63, 3.8) is 0 Å². The van der Waals surface area contributed by atoms with E-state index >= 15 is 0 Å². The summed E-state index contributed by atoms with van der Waals surface area (Å²) in [4.78, 5) is 15.2. The zero-order valence-electron chi connectivity index (χ0n) is 29.8. The molecule has 0 bridgehead atoms. The van der Waals surface area contributed by atoms with Gasteiger partial charge in [-0.2, -0.15) is 0 Å². The van der Waals surface area contributed by atoms with Crippen LogP contribution in [-0.2, 0) is 0 Å². The molecule has 10 aromatic rings. The van der Waals surface area contributed by atoms with Crippen LogP contribution in [0, 0.1) is 0 Å². The molecule has 2 aromatic heterocycles. The van der Waals surface area contributed by atoms with Crippen molar-refractivity contribution < 1.29 is 4.42 Å². The van der Waals surface area contributed by atoms with Crippen molar-refractivity contribution in [3.8, 4) is 78.7 Å². The van der Waals surface area contributed by atoms with Gasteiger partial charge in [0.15, 0.2) is 17.5 Å². The van der Waals surface area contributed by atoms with Crippen LogP contribution in [0.15, 0.2) is 205 Å². The molecule has 0 N–H and O–H groups in total. The smallest absolute Gasteiger partial charge is 0.164 e. The molecule has 4 nitrogen and oxygen atoms in total. The molecule has 0 amide bonds. The van der Waals surface area contributed by atoms with Crippen molar-refractivity contribution in [2.45, 2.75) is 0 Å². The molecule has 0 fully saturated rings. The molecule has 0 atom stereocenters. The van der Waals surface area contributed by atoms with Crippen LogP contribution in [0.5, 0.6) is 0 Å². The lowest BCUT2D eigenvalue weighted by Gasteiger charge is -2.10. The van der Waals surface area contributed by atoms with Crippen LogP contribution in [0.4, 0.5) is 0 Å². The van der Waals surface area contributed by atoms with E-state index in [1.165, 1.54) is 0 Å². The van der Waals surface area contributed by atoms with Crippen LogP contribution in [-0.4, -0.2) is 15.0 Å². The number of hydrogen-bond acceptors (Lipinski definition) is 4. The minimum atomic E-state index is 0.579. The van der Waals surface area contributed by atoms with Crippen LogP contribution in [0.3, 0.4) is 0 Å². The summed E-state index contributed by atoms with van der Waals surface area (Å²) < 4.78 is 6.71. The van der Waals surface area contributed by atoms with Gasteiger partial charge in [-0.05, 0) is 68.8 Å². The second-order valence-electron chi connectivity index (χ2n) is 13.6. The average molecular weight is 704 g/mol. The van der Waals surface area contributed by atoms with Crippen LogP contribution in [0.2, 0.25) is 0 Å². The summed E-state index contributed by atoms with van der Waals surface area (Å²) in [5.74, 6) is 1.79. The van der Waals surface area contributed by atoms with Crippen LogP contribution in [0.1, 0.15) is 0 Å². The van der Waals surface area contributed by atoms with E-state index in [9.17, 15) is 0 Å². The highest BCUT2D eigenvalue weighted by molar-refractivity contribution is 6.14. The molecule has 4 heteroatoms. The topological polar surface area (TPSA) is 51.8 Å². The Hall–Kier alpha value is -7.43. The van der Waals surface area contributed by atoms with Gasteiger partial charge in [-0.15, -0.1) is 0 Å². The highest BCUT2D eigenvalue weighted by Crippen LogP contribution is 2.41. The van der Waals surface area contributed by atoms with E-state index in [0.29, 0.717) is 17.5 Å². The van der Waals surface area contributed by atoms with E-state index in [0.717, 1.165) is 83.1 Å². The summed E-state index contributed by atoms with van der Waals surface area (Å²) in [7, 11) is 0. The van der Waals surface area contributed by atoms with Crippen LogP contribution >= 0.6 is 0 Å². The molecular formula is C51H33N3O. The second kappa shape index (κ2) is 13.8. The lowest BCUT2D eigenvalue weighted by atomic mass is 9.94. The summed E-state index contributed by atoms with van der Waals surface area (Å²) >= 11 is 0. The molecule has 0 unspecified atom stereocenters. The fraction of sp³-hybridized carbons (Fsp3) is 0. The first-order valence-electron chi connectivity index (χ1n) is 18.4. The Morgan fingerprint density at radius 3 is 1.13 bits per heavy atom. The first-order chi connectivity index (χ1) is 27.2. The highest BCUT2D eigenvalue weighted by Gasteiger charge is 2.18. The number of furan rings is 1. The number of nitrogens with zero attached hydrogens (tertiary/aromatic N) is 3. The molecule has 0 radical (unpaired) electrons. The Balaban J connectivity index is 1.11. The molecule has 0 saturated carbocycles. The molecule has 0 saturated heterocycles. The van der Waals surface area contributed by atoms with E-state index in [1.54, 1.807) is 0 Å². The van der Waals surface area contributed by atoms with Crippen molar-refractivity contribution >= 4 is 21.9 Å². The van der Waals surface area contributed by atoms with E-state index < -0.39 is 0 Å². The Kier molecular flexibility index (Phi) is 8.12. The standard InChI is InChI=1S/C51H33N3O/c1-5-13-34(14-6-1)37-21-25-40(26-22-37)49-52-50(41-27-23-38(24-28-41)35-15-7-2-8-16-35)54-51(53-49)42-29-30-44-46(32-42)55-47-33-43(36-17-9-3-10-18-36)31-45(48(44)47)39-19-11-4-12-20-39/h1-33H.